The average molecular weight is 262 g/mol. The normalized spacial score (nSPS) is 17.0. The zero-order chi connectivity index (χ0) is 13.9. The summed E-state index contributed by atoms with van der Waals surface area (Å²) in [6.45, 7) is 0.756. The van der Waals surface area contributed by atoms with E-state index in [1.165, 1.54) is 11.1 Å². The molecule has 4 nitrogen and oxygen atoms in total. The molecule has 0 unspecified atom stereocenters. The van der Waals surface area contributed by atoms with Crippen LogP contribution in [0.3, 0.4) is 0 Å². The first-order valence-corrected chi connectivity index (χ1v) is 6.74. The van der Waals surface area contributed by atoms with Crippen LogP contribution in [0.5, 0.6) is 0 Å². The van der Waals surface area contributed by atoms with Crippen molar-refractivity contribution in [2.75, 3.05) is 0 Å². The number of benzene rings is 1. The Labute approximate surface area is 117 Å². The van der Waals surface area contributed by atoms with Crippen molar-refractivity contribution in [3.05, 3.63) is 53.1 Å². The third kappa shape index (κ3) is 2.17. The van der Waals surface area contributed by atoms with Gasteiger partial charge in [0.2, 0.25) is 0 Å². The molecule has 98 valence electrons. The monoisotopic (exact) mass is 262 g/mol. The van der Waals surface area contributed by atoms with Gasteiger partial charge in [-0.2, -0.15) is 10.5 Å². The molecule has 0 radical (unpaired) electrons. The lowest BCUT2D eigenvalue weighted by Gasteiger charge is -2.24. The van der Waals surface area contributed by atoms with E-state index in [4.69, 9.17) is 10.5 Å². The van der Waals surface area contributed by atoms with Crippen LogP contribution in [-0.4, -0.2) is 9.55 Å². The Balaban J connectivity index is 1.79. The highest BCUT2D eigenvalue weighted by Crippen LogP contribution is 2.26. The van der Waals surface area contributed by atoms with E-state index in [1.807, 2.05) is 10.6 Å². The molecule has 0 bridgehead atoms. The van der Waals surface area contributed by atoms with Gasteiger partial charge in [-0.05, 0) is 36.3 Å². The largest absolute Gasteiger partial charge is 0.321 e. The lowest BCUT2D eigenvalue weighted by atomic mass is 9.84. The first-order valence-electron chi connectivity index (χ1n) is 6.74. The topological polar surface area (TPSA) is 65.4 Å². The van der Waals surface area contributed by atoms with Crippen molar-refractivity contribution in [3.8, 4) is 12.1 Å². The molecule has 1 atom stereocenters. The van der Waals surface area contributed by atoms with Gasteiger partial charge in [-0.3, -0.25) is 0 Å². The van der Waals surface area contributed by atoms with Crippen LogP contribution in [-0.2, 0) is 19.4 Å². The summed E-state index contributed by atoms with van der Waals surface area (Å²) in [5.74, 6) is 0.498. The number of rotatable bonds is 2. The van der Waals surface area contributed by atoms with Gasteiger partial charge in [-0.15, -0.1) is 0 Å². The zero-order valence-corrected chi connectivity index (χ0v) is 11.1. The third-order valence-corrected chi connectivity index (χ3v) is 3.95. The van der Waals surface area contributed by atoms with E-state index in [-0.39, 0.29) is 5.69 Å². The Kier molecular flexibility index (Phi) is 3.23. The molecule has 0 aliphatic heterocycles. The molecule has 0 amide bonds. The Morgan fingerprint density at radius 3 is 2.75 bits per heavy atom. The van der Waals surface area contributed by atoms with Crippen molar-refractivity contribution in [2.45, 2.75) is 25.8 Å². The van der Waals surface area contributed by atoms with Crippen LogP contribution in [0.4, 0.5) is 0 Å². The molecule has 0 spiro atoms. The number of aryl methyl sites for hydroxylation is 1. The van der Waals surface area contributed by atoms with Crippen LogP contribution in [0.1, 0.15) is 28.9 Å². The predicted molar refractivity (Wildman–Crippen MR) is 73.6 cm³/mol. The Morgan fingerprint density at radius 2 is 2.00 bits per heavy atom. The predicted octanol–water partition coefficient (Wildman–Crippen LogP) is 2.43. The molecule has 1 aliphatic rings. The quantitative estimate of drug-likeness (QED) is 0.834. The molecular formula is C16H14N4. The maximum absolute atomic E-state index is 9.14. The van der Waals surface area contributed by atoms with Crippen LogP contribution in [0, 0.1) is 28.6 Å². The second-order valence-corrected chi connectivity index (χ2v) is 5.20. The minimum atomic E-state index is 0.226. The molecule has 0 saturated carbocycles. The van der Waals surface area contributed by atoms with E-state index in [2.05, 4.69) is 35.3 Å². The van der Waals surface area contributed by atoms with Crippen molar-refractivity contribution in [1.29, 1.82) is 10.5 Å². The van der Waals surface area contributed by atoms with Crippen LogP contribution in [0.15, 0.2) is 30.6 Å². The van der Waals surface area contributed by atoms with E-state index >= 15 is 0 Å². The lowest BCUT2D eigenvalue weighted by molar-refractivity contribution is 0.393. The zero-order valence-electron chi connectivity index (χ0n) is 11.1. The van der Waals surface area contributed by atoms with Gasteiger partial charge in [-0.1, -0.05) is 24.3 Å². The highest BCUT2D eigenvalue weighted by molar-refractivity contribution is 5.36. The SMILES string of the molecule is N#Cc1ncn(C[C@@H]2CCc3ccccc3C2)c1C#N. The molecule has 1 heterocycles. The lowest BCUT2D eigenvalue weighted by Crippen LogP contribution is -2.19. The summed E-state index contributed by atoms with van der Waals surface area (Å²) in [7, 11) is 0. The number of aromatic nitrogens is 2. The summed E-state index contributed by atoms with van der Waals surface area (Å²) in [6, 6.07) is 12.6. The van der Waals surface area contributed by atoms with Crippen molar-refractivity contribution >= 4 is 0 Å². The van der Waals surface area contributed by atoms with Crippen molar-refractivity contribution in [1.82, 2.24) is 9.55 Å². The van der Waals surface area contributed by atoms with Crippen LogP contribution < -0.4 is 0 Å². The van der Waals surface area contributed by atoms with Crippen molar-refractivity contribution in [3.63, 3.8) is 0 Å². The summed E-state index contributed by atoms with van der Waals surface area (Å²) >= 11 is 0. The number of hydrogen-bond donors (Lipinski definition) is 0. The van der Waals surface area contributed by atoms with Gasteiger partial charge >= 0.3 is 0 Å². The minimum Gasteiger partial charge on any atom is -0.321 e. The fraction of sp³-hybridized carbons (Fsp3) is 0.312. The fourth-order valence-electron chi connectivity index (χ4n) is 2.93. The van der Waals surface area contributed by atoms with Gasteiger partial charge in [-0.25, -0.2) is 4.98 Å². The standard InChI is InChI=1S/C16H14N4/c17-8-15-16(9-18)20(11-19-15)10-12-5-6-13-3-1-2-4-14(13)7-12/h1-4,11-12H,5-7,10H2/t12-/m1/s1. The number of nitriles is 2. The first kappa shape index (κ1) is 12.4. The molecular weight excluding hydrogens is 248 g/mol. The third-order valence-electron chi connectivity index (χ3n) is 3.95. The summed E-state index contributed by atoms with van der Waals surface area (Å²) in [4.78, 5) is 3.99. The van der Waals surface area contributed by atoms with Gasteiger partial charge in [0, 0.05) is 6.54 Å². The van der Waals surface area contributed by atoms with Crippen LogP contribution >= 0.6 is 0 Å². The summed E-state index contributed by atoms with van der Waals surface area (Å²) in [5.41, 5.74) is 3.45. The number of imidazole rings is 1. The van der Waals surface area contributed by atoms with E-state index in [9.17, 15) is 0 Å². The van der Waals surface area contributed by atoms with E-state index in [1.54, 1.807) is 6.33 Å². The molecule has 0 fully saturated rings. The Morgan fingerprint density at radius 1 is 1.20 bits per heavy atom. The van der Waals surface area contributed by atoms with Gasteiger partial charge < -0.3 is 4.57 Å². The summed E-state index contributed by atoms with van der Waals surface area (Å²) < 4.78 is 1.82. The van der Waals surface area contributed by atoms with Crippen molar-refractivity contribution in [2.24, 2.45) is 5.92 Å². The van der Waals surface area contributed by atoms with Gasteiger partial charge in [0.15, 0.2) is 11.4 Å². The van der Waals surface area contributed by atoms with Crippen LogP contribution in [0.2, 0.25) is 0 Å². The molecule has 0 N–H and O–H groups in total. The Bertz CT molecular complexity index is 715. The van der Waals surface area contributed by atoms with Gasteiger partial charge in [0.25, 0.3) is 0 Å². The molecule has 4 heteroatoms. The van der Waals surface area contributed by atoms with E-state index in [0.29, 0.717) is 11.6 Å². The fourth-order valence-corrected chi connectivity index (χ4v) is 2.93. The maximum Gasteiger partial charge on any atom is 0.176 e. The number of hydrogen-bond acceptors (Lipinski definition) is 3. The summed E-state index contributed by atoms with van der Waals surface area (Å²) in [6.07, 6.45) is 4.84. The van der Waals surface area contributed by atoms with E-state index < -0.39 is 0 Å². The summed E-state index contributed by atoms with van der Waals surface area (Å²) in [5, 5.41) is 18.1. The smallest absolute Gasteiger partial charge is 0.176 e. The highest BCUT2D eigenvalue weighted by Gasteiger charge is 2.20. The number of fused-ring (bicyclic) bond motifs is 1. The molecule has 3 rings (SSSR count). The molecule has 1 aromatic carbocycles. The van der Waals surface area contributed by atoms with Crippen molar-refractivity contribution < 1.29 is 0 Å². The minimum absolute atomic E-state index is 0.226. The second-order valence-electron chi connectivity index (χ2n) is 5.20. The van der Waals surface area contributed by atoms with Gasteiger partial charge in [0.05, 0.1) is 6.33 Å². The molecule has 20 heavy (non-hydrogen) atoms. The Hall–Kier alpha value is -2.59. The van der Waals surface area contributed by atoms with Gasteiger partial charge in [0.1, 0.15) is 12.1 Å². The molecule has 1 aromatic heterocycles. The average Bonchev–Trinajstić information content (AvgIpc) is 2.89. The second kappa shape index (κ2) is 5.19. The highest BCUT2D eigenvalue weighted by atomic mass is 15.1. The molecule has 2 aromatic rings. The number of nitrogens with zero attached hydrogens (tertiary/aromatic N) is 4. The molecule has 0 saturated heterocycles. The first-order chi connectivity index (χ1) is 9.81. The van der Waals surface area contributed by atoms with E-state index in [0.717, 1.165) is 25.8 Å². The molecule has 1 aliphatic carbocycles. The maximum atomic E-state index is 9.14. The van der Waals surface area contributed by atoms with Crippen LogP contribution in [0.25, 0.3) is 0 Å².